The Morgan fingerprint density at radius 3 is 2.65 bits per heavy atom. The third-order valence-electron chi connectivity index (χ3n) is 2.46. The van der Waals surface area contributed by atoms with Crippen molar-refractivity contribution in [2.45, 2.75) is 0 Å². The van der Waals surface area contributed by atoms with Gasteiger partial charge >= 0.3 is 5.56 Å². The van der Waals surface area contributed by atoms with E-state index in [0.717, 1.165) is 0 Å². The van der Waals surface area contributed by atoms with Crippen LogP contribution in [0.4, 0.5) is 4.39 Å². The maximum absolute atomic E-state index is 12.8. The SMILES string of the molecule is O=c1c2nncn2ccn1-c1ccc(F)cc1. The molecule has 0 aliphatic carbocycles. The molecule has 0 radical (unpaired) electrons. The number of nitrogens with zero attached hydrogens (tertiary/aromatic N) is 4. The molecular formula is C11H7FN4O. The molecule has 2 heterocycles. The van der Waals surface area contributed by atoms with Crippen molar-refractivity contribution < 1.29 is 4.39 Å². The molecule has 84 valence electrons. The third kappa shape index (κ3) is 1.50. The van der Waals surface area contributed by atoms with Crippen molar-refractivity contribution in [3.8, 4) is 5.69 Å². The van der Waals surface area contributed by atoms with Crippen LogP contribution in [-0.4, -0.2) is 19.2 Å². The highest BCUT2D eigenvalue weighted by molar-refractivity contribution is 5.39. The van der Waals surface area contributed by atoms with E-state index in [1.807, 2.05) is 0 Å². The second-order valence-electron chi connectivity index (χ2n) is 3.51. The van der Waals surface area contributed by atoms with Crippen LogP contribution >= 0.6 is 0 Å². The zero-order chi connectivity index (χ0) is 11.8. The first kappa shape index (κ1) is 9.71. The van der Waals surface area contributed by atoms with E-state index in [9.17, 15) is 9.18 Å². The molecule has 0 atom stereocenters. The molecule has 1 aromatic carbocycles. The van der Waals surface area contributed by atoms with Crippen LogP contribution < -0.4 is 5.56 Å². The van der Waals surface area contributed by atoms with Gasteiger partial charge in [0.2, 0.25) is 5.65 Å². The van der Waals surface area contributed by atoms with Crippen molar-refractivity contribution in [1.82, 2.24) is 19.2 Å². The van der Waals surface area contributed by atoms with Crippen molar-refractivity contribution >= 4 is 5.65 Å². The first-order chi connectivity index (χ1) is 8.25. The van der Waals surface area contributed by atoms with E-state index in [2.05, 4.69) is 10.2 Å². The lowest BCUT2D eigenvalue weighted by Crippen LogP contribution is -2.19. The summed E-state index contributed by atoms with van der Waals surface area (Å²) in [5.41, 5.74) is 0.523. The Morgan fingerprint density at radius 1 is 1.12 bits per heavy atom. The predicted molar refractivity (Wildman–Crippen MR) is 58.5 cm³/mol. The fraction of sp³-hybridized carbons (Fsp3) is 0. The summed E-state index contributed by atoms with van der Waals surface area (Å²) in [6.45, 7) is 0. The first-order valence-corrected chi connectivity index (χ1v) is 4.93. The Hall–Kier alpha value is -2.50. The lowest BCUT2D eigenvalue weighted by molar-refractivity contribution is 0.627. The fourth-order valence-corrected chi connectivity index (χ4v) is 1.62. The van der Waals surface area contributed by atoms with E-state index in [-0.39, 0.29) is 17.0 Å². The van der Waals surface area contributed by atoms with Gasteiger partial charge in [0.1, 0.15) is 12.1 Å². The number of hydrogen-bond donors (Lipinski definition) is 0. The lowest BCUT2D eigenvalue weighted by atomic mass is 10.3. The largest absolute Gasteiger partial charge is 0.300 e. The molecular weight excluding hydrogens is 223 g/mol. The van der Waals surface area contributed by atoms with Gasteiger partial charge in [0.05, 0.1) is 0 Å². The summed E-state index contributed by atoms with van der Waals surface area (Å²) < 4.78 is 15.7. The van der Waals surface area contributed by atoms with Gasteiger partial charge in [0.25, 0.3) is 0 Å². The molecule has 0 fully saturated rings. The number of halogens is 1. The molecule has 17 heavy (non-hydrogen) atoms. The van der Waals surface area contributed by atoms with Gasteiger partial charge in [-0.2, -0.15) is 0 Å². The minimum absolute atomic E-state index is 0.233. The number of benzene rings is 1. The average molecular weight is 230 g/mol. The molecule has 0 saturated carbocycles. The van der Waals surface area contributed by atoms with Crippen LogP contribution in [0.2, 0.25) is 0 Å². The van der Waals surface area contributed by atoms with Crippen LogP contribution in [0.1, 0.15) is 0 Å². The topological polar surface area (TPSA) is 52.2 Å². The number of aromatic nitrogens is 4. The van der Waals surface area contributed by atoms with Crippen molar-refractivity contribution in [2.75, 3.05) is 0 Å². The number of fused-ring (bicyclic) bond motifs is 1. The molecule has 3 aromatic rings. The van der Waals surface area contributed by atoms with Crippen LogP contribution in [0.15, 0.2) is 47.8 Å². The number of hydrogen-bond acceptors (Lipinski definition) is 3. The molecule has 2 aromatic heterocycles. The van der Waals surface area contributed by atoms with Gasteiger partial charge in [0, 0.05) is 18.1 Å². The molecule has 6 heteroatoms. The molecule has 0 aliphatic heterocycles. The summed E-state index contributed by atoms with van der Waals surface area (Å²) in [4.78, 5) is 12.0. The van der Waals surface area contributed by atoms with Gasteiger partial charge < -0.3 is 0 Å². The van der Waals surface area contributed by atoms with Crippen LogP contribution in [0.5, 0.6) is 0 Å². The van der Waals surface area contributed by atoms with Crippen molar-refractivity contribution in [1.29, 1.82) is 0 Å². The van der Waals surface area contributed by atoms with Crippen LogP contribution in [0, 0.1) is 5.82 Å². The van der Waals surface area contributed by atoms with Crippen molar-refractivity contribution in [3.63, 3.8) is 0 Å². The van der Waals surface area contributed by atoms with E-state index in [1.165, 1.54) is 39.6 Å². The molecule has 0 spiro atoms. The second-order valence-corrected chi connectivity index (χ2v) is 3.51. The van der Waals surface area contributed by atoms with Crippen molar-refractivity contribution in [3.05, 3.63) is 59.2 Å². The van der Waals surface area contributed by atoms with E-state index in [0.29, 0.717) is 5.69 Å². The molecule has 0 saturated heterocycles. The van der Waals surface area contributed by atoms with Gasteiger partial charge in [-0.05, 0) is 24.3 Å². The number of rotatable bonds is 1. The van der Waals surface area contributed by atoms with Gasteiger partial charge in [0.15, 0.2) is 0 Å². The van der Waals surface area contributed by atoms with Gasteiger partial charge in [-0.15, -0.1) is 10.2 Å². The van der Waals surface area contributed by atoms with E-state index >= 15 is 0 Å². The fourth-order valence-electron chi connectivity index (χ4n) is 1.62. The highest BCUT2D eigenvalue weighted by Gasteiger charge is 2.05. The molecule has 3 rings (SSSR count). The zero-order valence-corrected chi connectivity index (χ0v) is 8.62. The molecule has 5 nitrogen and oxygen atoms in total. The normalized spacial score (nSPS) is 10.9. The van der Waals surface area contributed by atoms with Crippen molar-refractivity contribution in [2.24, 2.45) is 0 Å². The lowest BCUT2D eigenvalue weighted by Gasteiger charge is -2.04. The minimum atomic E-state index is -0.342. The zero-order valence-electron chi connectivity index (χ0n) is 8.62. The van der Waals surface area contributed by atoms with Gasteiger partial charge in [-0.3, -0.25) is 13.8 Å². The maximum Gasteiger partial charge on any atom is 0.300 e. The Kier molecular flexibility index (Phi) is 2.01. The summed E-state index contributed by atoms with van der Waals surface area (Å²) in [5, 5.41) is 7.38. The quantitative estimate of drug-likeness (QED) is 0.627. The van der Waals surface area contributed by atoms with E-state index in [1.54, 1.807) is 12.4 Å². The minimum Gasteiger partial charge on any atom is -0.283 e. The summed E-state index contributed by atoms with van der Waals surface area (Å²) >= 11 is 0. The third-order valence-corrected chi connectivity index (χ3v) is 2.46. The maximum atomic E-state index is 12.8. The second kappa shape index (κ2) is 3.51. The highest BCUT2D eigenvalue weighted by Crippen LogP contribution is 2.06. The monoisotopic (exact) mass is 230 g/mol. The summed E-state index contributed by atoms with van der Waals surface area (Å²) in [5.74, 6) is -0.342. The van der Waals surface area contributed by atoms with E-state index in [4.69, 9.17) is 0 Å². The Balaban J connectivity index is 2.27. The first-order valence-electron chi connectivity index (χ1n) is 4.93. The smallest absolute Gasteiger partial charge is 0.283 e. The Labute approximate surface area is 94.8 Å². The van der Waals surface area contributed by atoms with Crippen LogP contribution in [0.3, 0.4) is 0 Å². The Bertz CT molecular complexity index is 729. The molecule has 0 aliphatic rings. The summed E-state index contributed by atoms with van der Waals surface area (Å²) in [6.07, 6.45) is 4.71. The van der Waals surface area contributed by atoms with Crippen LogP contribution in [-0.2, 0) is 0 Å². The molecule has 0 N–H and O–H groups in total. The van der Waals surface area contributed by atoms with Gasteiger partial charge in [-0.25, -0.2) is 4.39 Å². The summed E-state index contributed by atoms with van der Waals surface area (Å²) in [7, 11) is 0. The standard InChI is InChI=1S/C11H7FN4O/c12-8-1-3-9(4-2-8)16-6-5-15-7-13-14-10(15)11(16)17/h1-7H. The van der Waals surface area contributed by atoms with Crippen LogP contribution in [0.25, 0.3) is 11.3 Å². The van der Waals surface area contributed by atoms with Gasteiger partial charge in [-0.1, -0.05) is 0 Å². The average Bonchev–Trinajstić information content (AvgIpc) is 2.80. The Morgan fingerprint density at radius 2 is 1.88 bits per heavy atom. The van der Waals surface area contributed by atoms with E-state index < -0.39 is 0 Å². The molecule has 0 unspecified atom stereocenters. The predicted octanol–water partition coefficient (Wildman–Crippen LogP) is 1.02. The highest BCUT2D eigenvalue weighted by atomic mass is 19.1. The summed E-state index contributed by atoms with van der Waals surface area (Å²) in [6, 6.07) is 5.67. The molecule has 0 bridgehead atoms. The molecule has 0 amide bonds.